The van der Waals surface area contributed by atoms with Gasteiger partial charge in [-0.3, -0.25) is 0 Å². The van der Waals surface area contributed by atoms with Crippen LogP contribution in [0.3, 0.4) is 0 Å². The minimum atomic E-state index is 0.0521. The number of hydrogen-bond donors (Lipinski definition) is 2. The molecule has 0 fully saturated rings. The van der Waals surface area contributed by atoms with Crippen molar-refractivity contribution in [3.8, 4) is 5.75 Å². The van der Waals surface area contributed by atoms with Crippen LogP contribution in [0.15, 0.2) is 18.2 Å². The first-order chi connectivity index (χ1) is 8.94. The molecule has 4 heteroatoms. The standard InChI is InChI=1S/C15H24ClNO2/c1-15(2,3)17-11-12-7-6-8-13(16)14(12)19-10-5-4-9-18/h6-8,17-18H,4-5,9-11H2,1-3H3. The van der Waals surface area contributed by atoms with Crippen LogP contribution in [0.25, 0.3) is 0 Å². The Morgan fingerprint density at radius 3 is 2.63 bits per heavy atom. The zero-order chi connectivity index (χ0) is 14.3. The summed E-state index contributed by atoms with van der Waals surface area (Å²) in [5, 5.41) is 12.8. The second-order valence-corrected chi connectivity index (χ2v) is 6.02. The molecule has 0 aromatic heterocycles. The van der Waals surface area contributed by atoms with E-state index in [2.05, 4.69) is 26.1 Å². The normalized spacial score (nSPS) is 11.6. The second kappa shape index (κ2) is 7.73. The molecule has 19 heavy (non-hydrogen) atoms. The number of benzene rings is 1. The highest BCUT2D eigenvalue weighted by Gasteiger charge is 2.12. The highest BCUT2D eigenvalue weighted by atomic mass is 35.5. The van der Waals surface area contributed by atoms with Crippen LogP contribution in [-0.2, 0) is 6.54 Å². The Morgan fingerprint density at radius 1 is 1.26 bits per heavy atom. The molecule has 2 N–H and O–H groups in total. The molecule has 1 aromatic carbocycles. The molecule has 0 bridgehead atoms. The van der Waals surface area contributed by atoms with Crippen LogP contribution < -0.4 is 10.1 Å². The predicted molar refractivity (Wildman–Crippen MR) is 79.9 cm³/mol. The van der Waals surface area contributed by atoms with Gasteiger partial charge in [-0.1, -0.05) is 23.7 Å². The Bertz CT molecular complexity index is 388. The van der Waals surface area contributed by atoms with Crippen molar-refractivity contribution < 1.29 is 9.84 Å². The third-order valence-corrected chi connectivity index (χ3v) is 2.95. The average molecular weight is 286 g/mol. The number of aliphatic hydroxyl groups excluding tert-OH is 1. The Morgan fingerprint density at radius 2 is 2.00 bits per heavy atom. The summed E-state index contributed by atoms with van der Waals surface area (Å²) in [5.41, 5.74) is 1.11. The molecule has 0 atom stereocenters. The van der Waals surface area contributed by atoms with E-state index < -0.39 is 0 Å². The third-order valence-electron chi connectivity index (χ3n) is 2.66. The van der Waals surface area contributed by atoms with Crippen molar-refractivity contribution in [2.75, 3.05) is 13.2 Å². The lowest BCUT2D eigenvalue weighted by Gasteiger charge is -2.22. The topological polar surface area (TPSA) is 41.5 Å². The molecule has 0 aliphatic rings. The van der Waals surface area contributed by atoms with Crippen molar-refractivity contribution in [2.45, 2.75) is 45.7 Å². The summed E-state index contributed by atoms with van der Waals surface area (Å²) in [6.45, 7) is 7.87. The molecule has 1 aromatic rings. The molecule has 0 unspecified atom stereocenters. The summed E-state index contributed by atoms with van der Waals surface area (Å²) in [6.07, 6.45) is 1.58. The van der Waals surface area contributed by atoms with E-state index in [9.17, 15) is 0 Å². The van der Waals surface area contributed by atoms with Gasteiger partial charge in [0.2, 0.25) is 0 Å². The van der Waals surface area contributed by atoms with Gasteiger partial charge in [0, 0.05) is 24.3 Å². The van der Waals surface area contributed by atoms with Crippen molar-refractivity contribution in [1.82, 2.24) is 5.32 Å². The van der Waals surface area contributed by atoms with Crippen LogP contribution in [0.5, 0.6) is 5.75 Å². The fourth-order valence-corrected chi connectivity index (χ4v) is 1.85. The Balaban J connectivity index is 2.66. The van der Waals surface area contributed by atoms with Crippen molar-refractivity contribution in [2.24, 2.45) is 0 Å². The first-order valence-electron chi connectivity index (χ1n) is 6.70. The highest BCUT2D eigenvalue weighted by molar-refractivity contribution is 6.32. The van der Waals surface area contributed by atoms with Crippen molar-refractivity contribution in [3.63, 3.8) is 0 Å². The zero-order valence-electron chi connectivity index (χ0n) is 12.0. The first-order valence-corrected chi connectivity index (χ1v) is 7.08. The Hall–Kier alpha value is -0.770. The summed E-state index contributed by atoms with van der Waals surface area (Å²) in [6, 6.07) is 5.79. The number of halogens is 1. The summed E-state index contributed by atoms with van der Waals surface area (Å²) < 4.78 is 5.75. The van der Waals surface area contributed by atoms with Crippen molar-refractivity contribution in [1.29, 1.82) is 0 Å². The molecule has 0 amide bonds. The summed E-state index contributed by atoms with van der Waals surface area (Å²) in [5.74, 6) is 0.749. The minimum absolute atomic E-state index is 0.0521. The lowest BCUT2D eigenvalue weighted by molar-refractivity contribution is 0.251. The maximum atomic E-state index is 8.75. The van der Waals surface area contributed by atoms with Crippen molar-refractivity contribution >= 4 is 11.6 Å². The third kappa shape index (κ3) is 6.28. The van der Waals surface area contributed by atoms with Gasteiger partial charge in [-0.05, 0) is 39.7 Å². The first kappa shape index (κ1) is 16.3. The van der Waals surface area contributed by atoms with E-state index in [1.54, 1.807) is 0 Å². The molecule has 3 nitrogen and oxygen atoms in total. The number of unbranched alkanes of at least 4 members (excludes halogenated alkanes) is 1. The van der Waals surface area contributed by atoms with Crippen LogP contribution in [0, 0.1) is 0 Å². The fraction of sp³-hybridized carbons (Fsp3) is 0.600. The summed E-state index contributed by atoms with van der Waals surface area (Å²) in [4.78, 5) is 0. The predicted octanol–water partition coefficient (Wildman–Crippen LogP) is 3.38. The van der Waals surface area contributed by atoms with E-state index in [-0.39, 0.29) is 12.1 Å². The fourth-order valence-electron chi connectivity index (χ4n) is 1.60. The molecule has 0 saturated carbocycles. The van der Waals surface area contributed by atoms with Gasteiger partial charge in [0.05, 0.1) is 11.6 Å². The maximum absolute atomic E-state index is 8.75. The number of ether oxygens (including phenoxy) is 1. The zero-order valence-corrected chi connectivity index (χ0v) is 12.8. The van der Waals surface area contributed by atoms with E-state index in [4.69, 9.17) is 21.4 Å². The van der Waals surface area contributed by atoms with E-state index in [1.165, 1.54) is 0 Å². The smallest absolute Gasteiger partial charge is 0.142 e. The molecule has 0 aliphatic carbocycles. The van der Waals surface area contributed by atoms with Gasteiger partial charge in [-0.2, -0.15) is 0 Å². The molecular formula is C15H24ClNO2. The van der Waals surface area contributed by atoms with E-state index in [0.717, 1.165) is 30.7 Å². The molecule has 0 heterocycles. The van der Waals surface area contributed by atoms with Gasteiger partial charge in [-0.25, -0.2) is 0 Å². The van der Waals surface area contributed by atoms with Gasteiger partial charge >= 0.3 is 0 Å². The SMILES string of the molecule is CC(C)(C)NCc1cccc(Cl)c1OCCCCO. The Labute approximate surface area is 120 Å². The van der Waals surface area contributed by atoms with Gasteiger partial charge in [0.1, 0.15) is 5.75 Å². The lowest BCUT2D eigenvalue weighted by atomic mass is 10.1. The minimum Gasteiger partial charge on any atom is -0.492 e. The highest BCUT2D eigenvalue weighted by Crippen LogP contribution is 2.29. The average Bonchev–Trinajstić information content (AvgIpc) is 2.33. The van der Waals surface area contributed by atoms with Crippen LogP contribution >= 0.6 is 11.6 Å². The number of rotatable bonds is 7. The van der Waals surface area contributed by atoms with E-state index in [1.807, 2.05) is 18.2 Å². The Kier molecular flexibility index (Phi) is 6.63. The van der Waals surface area contributed by atoms with E-state index in [0.29, 0.717) is 11.6 Å². The van der Waals surface area contributed by atoms with Crippen LogP contribution in [0.1, 0.15) is 39.2 Å². The largest absolute Gasteiger partial charge is 0.492 e. The maximum Gasteiger partial charge on any atom is 0.142 e. The molecule has 0 aliphatic heterocycles. The van der Waals surface area contributed by atoms with Gasteiger partial charge < -0.3 is 15.2 Å². The quantitative estimate of drug-likeness (QED) is 0.755. The van der Waals surface area contributed by atoms with Crippen molar-refractivity contribution in [3.05, 3.63) is 28.8 Å². The summed E-state index contributed by atoms with van der Waals surface area (Å²) >= 11 is 6.19. The molecule has 0 radical (unpaired) electrons. The van der Waals surface area contributed by atoms with Gasteiger partial charge in [0.25, 0.3) is 0 Å². The molecule has 1 rings (SSSR count). The lowest BCUT2D eigenvalue weighted by Crippen LogP contribution is -2.35. The van der Waals surface area contributed by atoms with E-state index >= 15 is 0 Å². The number of para-hydroxylation sites is 1. The number of hydrogen-bond acceptors (Lipinski definition) is 3. The van der Waals surface area contributed by atoms with Crippen LogP contribution in [0.2, 0.25) is 5.02 Å². The molecule has 108 valence electrons. The molecular weight excluding hydrogens is 262 g/mol. The molecule has 0 saturated heterocycles. The number of aliphatic hydroxyl groups is 1. The van der Waals surface area contributed by atoms with Crippen LogP contribution in [-0.4, -0.2) is 23.9 Å². The second-order valence-electron chi connectivity index (χ2n) is 5.61. The number of nitrogens with one attached hydrogen (secondary N) is 1. The monoisotopic (exact) mass is 285 g/mol. The summed E-state index contributed by atoms with van der Waals surface area (Å²) in [7, 11) is 0. The van der Waals surface area contributed by atoms with Gasteiger partial charge in [-0.15, -0.1) is 0 Å². The molecule has 0 spiro atoms. The van der Waals surface area contributed by atoms with Gasteiger partial charge in [0.15, 0.2) is 0 Å². The van der Waals surface area contributed by atoms with Crippen LogP contribution in [0.4, 0.5) is 0 Å².